The highest BCUT2D eigenvalue weighted by Gasteiger charge is 2.17. The molecule has 0 aromatic heterocycles. The lowest BCUT2D eigenvalue weighted by Gasteiger charge is -2.07. The molecule has 0 aliphatic rings. The molecule has 16 heavy (non-hydrogen) atoms. The molecular weight excluding hydrogens is 220 g/mol. The maximum Gasteiger partial charge on any atom is 0.280 e. The number of aryl methyl sites for hydroxylation is 1. The van der Waals surface area contributed by atoms with Crippen molar-refractivity contribution >= 4 is 5.91 Å². The Balaban J connectivity index is 2.83. The van der Waals surface area contributed by atoms with Gasteiger partial charge in [0, 0.05) is 0 Å². The quantitative estimate of drug-likeness (QED) is 0.598. The van der Waals surface area contributed by atoms with Crippen molar-refractivity contribution in [3.05, 3.63) is 34.9 Å². The lowest BCUT2D eigenvalue weighted by Crippen LogP contribution is -2.27. The molecule has 0 saturated carbocycles. The van der Waals surface area contributed by atoms with Crippen molar-refractivity contribution in [1.29, 1.82) is 0 Å². The smallest absolute Gasteiger partial charge is 0.280 e. The summed E-state index contributed by atoms with van der Waals surface area (Å²) in [5.74, 6) is -2.94. The number of amides is 1. The lowest BCUT2D eigenvalue weighted by molar-refractivity contribution is 0.0162. The highest BCUT2D eigenvalue weighted by Crippen LogP contribution is 2.14. The van der Waals surface area contributed by atoms with Gasteiger partial charge in [0.25, 0.3) is 5.91 Å². The number of carbonyl (C=O) groups is 1. The SMILES string of the molecule is Cc1cc(F)c(C(=O)NOCCO)c(F)c1. The highest BCUT2D eigenvalue weighted by atomic mass is 19.1. The number of carbonyl (C=O) groups excluding carboxylic acids is 1. The summed E-state index contributed by atoms with van der Waals surface area (Å²) in [5.41, 5.74) is 1.49. The molecule has 2 N–H and O–H groups in total. The summed E-state index contributed by atoms with van der Waals surface area (Å²) in [6.07, 6.45) is 0. The summed E-state index contributed by atoms with van der Waals surface area (Å²) in [6, 6.07) is 2.09. The molecule has 0 radical (unpaired) electrons. The molecule has 1 aromatic rings. The van der Waals surface area contributed by atoms with Gasteiger partial charge in [-0.3, -0.25) is 9.63 Å². The van der Waals surface area contributed by atoms with Crippen molar-refractivity contribution in [1.82, 2.24) is 5.48 Å². The molecule has 1 aromatic carbocycles. The molecule has 0 spiro atoms. The molecule has 0 unspecified atom stereocenters. The molecule has 1 amide bonds. The fraction of sp³-hybridized carbons (Fsp3) is 0.300. The third-order valence-corrected chi connectivity index (χ3v) is 1.77. The van der Waals surface area contributed by atoms with Crippen LogP contribution in [0.25, 0.3) is 0 Å². The zero-order valence-electron chi connectivity index (χ0n) is 8.59. The van der Waals surface area contributed by atoms with Gasteiger partial charge in [-0.25, -0.2) is 14.3 Å². The van der Waals surface area contributed by atoms with Crippen molar-refractivity contribution in [2.45, 2.75) is 6.92 Å². The number of hydrogen-bond donors (Lipinski definition) is 2. The van der Waals surface area contributed by atoms with Gasteiger partial charge in [0.05, 0.1) is 13.2 Å². The first-order valence-corrected chi connectivity index (χ1v) is 4.55. The second-order valence-corrected chi connectivity index (χ2v) is 3.11. The number of aliphatic hydroxyl groups is 1. The van der Waals surface area contributed by atoms with Gasteiger partial charge in [-0.2, -0.15) is 0 Å². The van der Waals surface area contributed by atoms with Crippen LogP contribution in [0.3, 0.4) is 0 Å². The first-order chi connectivity index (χ1) is 7.56. The fourth-order valence-electron chi connectivity index (χ4n) is 1.13. The average molecular weight is 231 g/mol. The van der Waals surface area contributed by atoms with E-state index in [-0.39, 0.29) is 13.2 Å². The predicted octanol–water partition coefficient (Wildman–Crippen LogP) is 0.927. The summed E-state index contributed by atoms with van der Waals surface area (Å²) >= 11 is 0. The Morgan fingerprint density at radius 3 is 2.50 bits per heavy atom. The van der Waals surface area contributed by atoms with E-state index >= 15 is 0 Å². The van der Waals surface area contributed by atoms with Crippen molar-refractivity contribution in [2.24, 2.45) is 0 Å². The predicted molar refractivity (Wildman–Crippen MR) is 51.6 cm³/mol. The number of halogens is 2. The molecule has 0 saturated heterocycles. The number of nitrogens with one attached hydrogen (secondary N) is 1. The summed E-state index contributed by atoms with van der Waals surface area (Å²) < 4.78 is 26.5. The Bertz CT molecular complexity index is 373. The molecule has 1 rings (SSSR count). The van der Waals surface area contributed by atoms with Gasteiger partial charge in [-0.15, -0.1) is 0 Å². The molecular formula is C10H11F2NO3. The lowest BCUT2D eigenvalue weighted by atomic mass is 10.1. The van der Waals surface area contributed by atoms with E-state index in [2.05, 4.69) is 4.84 Å². The first kappa shape index (κ1) is 12.5. The number of rotatable bonds is 4. The molecule has 0 aliphatic heterocycles. The molecule has 0 atom stereocenters. The maximum atomic E-state index is 13.3. The number of aliphatic hydroxyl groups excluding tert-OH is 1. The fourth-order valence-corrected chi connectivity index (χ4v) is 1.13. The van der Waals surface area contributed by atoms with E-state index < -0.39 is 23.1 Å². The van der Waals surface area contributed by atoms with Crippen molar-refractivity contribution in [3.8, 4) is 0 Å². The third kappa shape index (κ3) is 2.98. The van der Waals surface area contributed by atoms with Gasteiger partial charge in [0.2, 0.25) is 0 Å². The van der Waals surface area contributed by atoms with Gasteiger partial charge in [-0.1, -0.05) is 0 Å². The van der Waals surface area contributed by atoms with E-state index in [1.54, 1.807) is 0 Å². The zero-order valence-corrected chi connectivity index (χ0v) is 8.59. The average Bonchev–Trinajstić information content (AvgIpc) is 2.16. The van der Waals surface area contributed by atoms with E-state index in [0.29, 0.717) is 5.56 Å². The first-order valence-electron chi connectivity index (χ1n) is 4.55. The molecule has 88 valence electrons. The minimum absolute atomic E-state index is 0.152. The van der Waals surface area contributed by atoms with E-state index in [0.717, 1.165) is 12.1 Å². The molecule has 0 bridgehead atoms. The van der Waals surface area contributed by atoms with Crippen LogP contribution >= 0.6 is 0 Å². The van der Waals surface area contributed by atoms with Gasteiger partial charge in [0.1, 0.15) is 17.2 Å². The van der Waals surface area contributed by atoms with Crippen LogP contribution in [-0.2, 0) is 4.84 Å². The van der Waals surface area contributed by atoms with Crippen LogP contribution in [0.15, 0.2) is 12.1 Å². The third-order valence-electron chi connectivity index (χ3n) is 1.77. The molecule has 0 heterocycles. The topological polar surface area (TPSA) is 58.6 Å². The van der Waals surface area contributed by atoms with E-state index in [9.17, 15) is 13.6 Å². The normalized spacial score (nSPS) is 10.2. The monoisotopic (exact) mass is 231 g/mol. The Kier molecular flexibility index (Phi) is 4.33. The second-order valence-electron chi connectivity index (χ2n) is 3.11. The molecule has 0 fully saturated rings. The van der Waals surface area contributed by atoms with Crippen LogP contribution in [-0.4, -0.2) is 24.2 Å². The Labute approximate surface area is 90.8 Å². The number of hydrogen-bond acceptors (Lipinski definition) is 3. The summed E-state index contributed by atoms with van der Waals surface area (Å²) in [7, 11) is 0. The van der Waals surface area contributed by atoms with Crippen LogP contribution in [0, 0.1) is 18.6 Å². The molecule has 0 aliphatic carbocycles. The van der Waals surface area contributed by atoms with Gasteiger partial charge in [-0.05, 0) is 24.6 Å². The van der Waals surface area contributed by atoms with Gasteiger partial charge in [0.15, 0.2) is 0 Å². The zero-order chi connectivity index (χ0) is 12.1. The standard InChI is InChI=1S/C10H11F2NO3/c1-6-4-7(11)9(8(12)5-6)10(15)13-16-3-2-14/h4-5,14H,2-3H2,1H3,(H,13,15). The Morgan fingerprint density at radius 2 is 2.00 bits per heavy atom. The van der Waals surface area contributed by atoms with E-state index in [1.165, 1.54) is 6.92 Å². The van der Waals surface area contributed by atoms with Gasteiger partial charge < -0.3 is 5.11 Å². The number of benzene rings is 1. The summed E-state index contributed by atoms with van der Waals surface area (Å²) in [5, 5.41) is 8.37. The molecule has 4 nitrogen and oxygen atoms in total. The van der Waals surface area contributed by atoms with E-state index in [1.807, 2.05) is 5.48 Å². The van der Waals surface area contributed by atoms with Crippen molar-refractivity contribution in [2.75, 3.05) is 13.2 Å². The van der Waals surface area contributed by atoms with Crippen LogP contribution < -0.4 is 5.48 Å². The number of hydroxylamine groups is 1. The minimum Gasteiger partial charge on any atom is -0.394 e. The van der Waals surface area contributed by atoms with Crippen LogP contribution in [0.5, 0.6) is 0 Å². The van der Waals surface area contributed by atoms with E-state index in [4.69, 9.17) is 5.11 Å². The van der Waals surface area contributed by atoms with Crippen LogP contribution in [0.2, 0.25) is 0 Å². The minimum atomic E-state index is -1.02. The summed E-state index contributed by atoms with van der Waals surface area (Å²) in [6.45, 7) is 1.05. The van der Waals surface area contributed by atoms with Crippen molar-refractivity contribution < 1.29 is 23.5 Å². The largest absolute Gasteiger partial charge is 0.394 e. The molecule has 6 heteroatoms. The second kappa shape index (κ2) is 5.53. The Morgan fingerprint density at radius 1 is 1.44 bits per heavy atom. The Hall–Kier alpha value is -1.53. The van der Waals surface area contributed by atoms with Gasteiger partial charge >= 0.3 is 0 Å². The van der Waals surface area contributed by atoms with Crippen LogP contribution in [0.1, 0.15) is 15.9 Å². The maximum absolute atomic E-state index is 13.3. The highest BCUT2D eigenvalue weighted by molar-refractivity contribution is 5.94. The summed E-state index contributed by atoms with van der Waals surface area (Å²) in [4.78, 5) is 15.7. The van der Waals surface area contributed by atoms with Crippen LogP contribution in [0.4, 0.5) is 8.78 Å². The van der Waals surface area contributed by atoms with Crippen molar-refractivity contribution in [3.63, 3.8) is 0 Å².